The predicted octanol–water partition coefficient (Wildman–Crippen LogP) is 3.93. The molecule has 9 nitrogen and oxygen atoms in total. The first-order valence-corrected chi connectivity index (χ1v) is 11.7. The number of aromatic nitrogens is 2. The molecule has 0 aliphatic rings. The van der Waals surface area contributed by atoms with Crippen molar-refractivity contribution in [3.63, 3.8) is 0 Å². The number of nitrogens with one attached hydrogen (secondary N) is 3. The molecule has 3 aromatic rings. The van der Waals surface area contributed by atoms with E-state index in [1.54, 1.807) is 24.3 Å². The third-order valence-corrected chi connectivity index (χ3v) is 5.27. The molecule has 0 saturated heterocycles. The number of anilines is 4. The van der Waals surface area contributed by atoms with Crippen molar-refractivity contribution in [3.05, 3.63) is 64.3 Å². The summed E-state index contributed by atoms with van der Waals surface area (Å²) in [6, 6.07) is 11.0. The molecule has 0 amide bonds. The van der Waals surface area contributed by atoms with E-state index in [9.17, 15) is 8.42 Å². The number of rotatable bonds is 9. The molecular formula is C21H25ClN6O3S. The maximum absolute atomic E-state index is 11.0. The Bertz CT molecular complexity index is 1180. The molecule has 0 aliphatic heterocycles. The Kier molecular flexibility index (Phi) is 7.52. The molecule has 0 atom stereocenters. The van der Waals surface area contributed by atoms with E-state index in [0.29, 0.717) is 23.4 Å². The third-order valence-electron chi connectivity index (χ3n) is 4.44. The van der Waals surface area contributed by atoms with Gasteiger partial charge in [0.05, 0.1) is 12.8 Å². The number of ether oxygens (including phenoxy) is 1. The van der Waals surface area contributed by atoms with E-state index in [2.05, 4.69) is 25.3 Å². The van der Waals surface area contributed by atoms with Gasteiger partial charge in [0.15, 0.2) is 5.82 Å². The average Bonchev–Trinajstić information content (AvgIpc) is 2.72. The minimum atomic E-state index is -3.74. The second-order valence-corrected chi connectivity index (χ2v) is 8.86. The maximum atomic E-state index is 11.0. The minimum Gasteiger partial charge on any atom is -0.493 e. The summed E-state index contributed by atoms with van der Waals surface area (Å²) in [5, 5.41) is 11.6. The van der Waals surface area contributed by atoms with E-state index >= 15 is 0 Å². The van der Waals surface area contributed by atoms with Crippen LogP contribution >= 0.6 is 11.6 Å². The van der Waals surface area contributed by atoms with Gasteiger partial charge in [-0.2, -0.15) is 18.1 Å². The Morgan fingerprint density at radius 3 is 2.31 bits per heavy atom. The molecule has 170 valence electrons. The van der Waals surface area contributed by atoms with Gasteiger partial charge in [0, 0.05) is 17.9 Å². The molecule has 5 N–H and O–H groups in total. The number of nitrogens with two attached hydrogens (primary N) is 1. The molecule has 0 bridgehead atoms. The van der Waals surface area contributed by atoms with Gasteiger partial charge in [0.1, 0.15) is 10.8 Å². The van der Waals surface area contributed by atoms with E-state index in [4.69, 9.17) is 21.5 Å². The van der Waals surface area contributed by atoms with Gasteiger partial charge in [-0.25, -0.2) is 10.1 Å². The van der Waals surface area contributed by atoms with Gasteiger partial charge in [-0.3, -0.25) is 0 Å². The van der Waals surface area contributed by atoms with Crippen LogP contribution in [0.2, 0.25) is 5.02 Å². The first-order valence-electron chi connectivity index (χ1n) is 9.81. The molecule has 0 aliphatic carbocycles. The first-order chi connectivity index (χ1) is 15.1. The van der Waals surface area contributed by atoms with Gasteiger partial charge in [0.2, 0.25) is 5.95 Å². The summed E-state index contributed by atoms with van der Waals surface area (Å²) in [6.45, 7) is 6.63. The van der Waals surface area contributed by atoms with Crippen molar-refractivity contribution >= 4 is 45.0 Å². The fourth-order valence-electron chi connectivity index (χ4n) is 3.07. The summed E-state index contributed by atoms with van der Waals surface area (Å²) < 4.78 is 29.9. The number of halogens is 1. The fourth-order valence-corrected chi connectivity index (χ4v) is 3.57. The van der Waals surface area contributed by atoms with E-state index < -0.39 is 10.2 Å². The zero-order valence-electron chi connectivity index (χ0n) is 17.9. The second-order valence-electron chi connectivity index (χ2n) is 7.08. The largest absolute Gasteiger partial charge is 0.493 e. The Morgan fingerprint density at radius 1 is 1.06 bits per heavy atom. The highest BCUT2D eigenvalue weighted by Crippen LogP contribution is 2.29. The molecule has 11 heteroatoms. The van der Waals surface area contributed by atoms with Gasteiger partial charge in [-0.05, 0) is 61.7 Å². The standard InChI is InChI=1S/C21H25ClN6O3S/c1-4-31-19-13(2)9-17(10-14(19)3)27-21-24-12-18(22)20(28-21)26-16-7-5-15(6-8-16)11-25-32(23,29)30/h5-10,12,25H,4,11H2,1-3H3,(H2,23,29,30)(H2,24,26,27,28). The summed E-state index contributed by atoms with van der Waals surface area (Å²) in [5.74, 6) is 1.69. The summed E-state index contributed by atoms with van der Waals surface area (Å²) in [6.07, 6.45) is 1.51. The lowest BCUT2D eigenvalue weighted by atomic mass is 10.1. The fraction of sp³-hybridized carbons (Fsp3) is 0.238. The Balaban J connectivity index is 1.73. The number of nitrogens with zero attached hydrogens (tertiary/aromatic N) is 2. The molecule has 0 unspecified atom stereocenters. The van der Waals surface area contributed by atoms with Crippen LogP contribution in [0, 0.1) is 13.8 Å². The summed E-state index contributed by atoms with van der Waals surface area (Å²) >= 11 is 6.26. The van der Waals surface area contributed by atoms with Crippen LogP contribution in [0.1, 0.15) is 23.6 Å². The molecule has 1 heterocycles. The molecule has 32 heavy (non-hydrogen) atoms. The van der Waals surface area contributed by atoms with Crippen molar-refractivity contribution < 1.29 is 13.2 Å². The Labute approximate surface area is 192 Å². The third kappa shape index (κ3) is 6.54. The number of hydrogen-bond donors (Lipinski definition) is 4. The van der Waals surface area contributed by atoms with Crippen molar-refractivity contribution in [2.75, 3.05) is 17.2 Å². The lowest BCUT2D eigenvalue weighted by Crippen LogP contribution is -2.30. The minimum absolute atomic E-state index is 0.0996. The van der Waals surface area contributed by atoms with Gasteiger partial charge >= 0.3 is 0 Å². The predicted molar refractivity (Wildman–Crippen MR) is 127 cm³/mol. The lowest BCUT2D eigenvalue weighted by Gasteiger charge is -2.14. The van der Waals surface area contributed by atoms with Crippen molar-refractivity contribution in [3.8, 4) is 5.75 Å². The average molecular weight is 477 g/mol. The highest BCUT2D eigenvalue weighted by Gasteiger charge is 2.10. The zero-order valence-corrected chi connectivity index (χ0v) is 19.5. The topological polar surface area (TPSA) is 131 Å². The maximum Gasteiger partial charge on any atom is 0.274 e. The van der Waals surface area contributed by atoms with Crippen LogP contribution in [0.3, 0.4) is 0 Å². The first kappa shape index (κ1) is 23.7. The van der Waals surface area contributed by atoms with E-state index in [1.165, 1.54) is 6.20 Å². The smallest absolute Gasteiger partial charge is 0.274 e. The lowest BCUT2D eigenvalue weighted by molar-refractivity contribution is 0.335. The molecule has 0 spiro atoms. The molecule has 0 fully saturated rings. The van der Waals surface area contributed by atoms with Crippen LogP contribution in [0.15, 0.2) is 42.6 Å². The van der Waals surface area contributed by atoms with Gasteiger partial charge in [-0.1, -0.05) is 23.7 Å². The van der Waals surface area contributed by atoms with E-state index in [1.807, 2.05) is 32.9 Å². The normalized spacial score (nSPS) is 11.3. The Hall–Kier alpha value is -2.92. The van der Waals surface area contributed by atoms with Crippen LogP contribution < -0.4 is 25.2 Å². The summed E-state index contributed by atoms with van der Waals surface area (Å²) in [5.41, 5.74) is 4.34. The van der Waals surface area contributed by atoms with Crippen LogP contribution in [0.25, 0.3) is 0 Å². The van der Waals surface area contributed by atoms with Crippen LogP contribution in [0.5, 0.6) is 5.75 Å². The molecular weight excluding hydrogens is 452 g/mol. The number of benzene rings is 2. The van der Waals surface area contributed by atoms with Gasteiger partial charge in [-0.15, -0.1) is 0 Å². The number of aryl methyl sites for hydroxylation is 2. The highest BCUT2D eigenvalue weighted by molar-refractivity contribution is 7.87. The van der Waals surface area contributed by atoms with Crippen molar-refractivity contribution in [1.29, 1.82) is 0 Å². The second kappa shape index (κ2) is 10.1. The van der Waals surface area contributed by atoms with E-state index in [0.717, 1.165) is 33.8 Å². The van der Waals surface area contributed by atoms with Crippen molar-refractivity contribution in [1.82, 2.24) is 14.7 Å². The molecule has 1 aromatic heterocycles. The SMILES string of the molecule is CCOc1c(C)cc(Nc2ncc(Cl)c(Nc3ccc(CNS(N)(=O)=O)cc3)n2)cc1C. The van der Waals surface area contributed by atoms with Crippen LogP contribution in [-0.2, 0) is 16.8 Å². The monoisotopic (exact) mass is 476 g/mol. The van der Waals surface area contributed by atoms with Gasteiger partial charge in [0.25, 0.3) is 10.2 Å². The number of hydrogen-bond acceptors (Lipinski definition) is 7. The van der Waals surface area contributed by atoms with Crippen LogP contribution in [0.4, 0.5) is 23.1 Å². The molecule has 0 saturated carbocycles. The zero-order chi connectivity index (χ0) is 23.3. The van der Waals surface area contributed by atoms with Crippen molar-refractivity contribution in [2.24, 2.45) is 5.14 Å². The summed E-state index contributed by atoms with van der Waals surface area (Å²) in [4.78, 5) is 8.72. The van der Waals surface area contributed by atoms with Gasteiger partial charge < -0.3 is 15.4 Å². The highest BCUT2D eigenvalue weighted by atomic mass is 35.5. The van der Waals surface area contributed by atoms with E-state index in [-0.39, 0.29) is 6.54 Å². The van der Waals surface area contributed by atoms with Crippen molar-refractivity contribution in [2.45, 2.75) is 27.3 Å². The molecule has 3 rings (SSSR count). The van der Waals surface area contributed by atoms with Crippen LogP contribution in [-0.4, -0.2) is 25.0 Å². The molecule has 0 radical (unpaired) electrons. The quantitative estimate of drug-likeness (QED) is 0.368. The molecule has 2 aromatic carbocycles. The Morgan fingerprint density at radius 2 is 1.72 bits per heavy atom. The summed E-state index contributed by atoms with van der Waals surface area (Å²) in [7, 11) is -3.74.